The van der Waals surface area contributed by atoms with Crippen LogP contribution in [0, 0.1) is 11.8 Å². The van der Waals surface area contributed by atoms with Gasteiger partial charge in [-0.05, 0) is 42.0 Å². The highest BCUT2D eigenvalue weighted by atomic mass is 32.2. The molecule has 1 aliphatic heterocycles. The van der Waals surface area contributed by atoms with Crippen LogP contribution in [0.25, 0.3) is 0 Å². The van der Waals surface area contributed by atoms with Crippen LogP contribution in [0.3, 0.4) is 0 Å². The maximum Gasteiger partial charge on any atom is 0.328 e. The second-order valence-corrected chi connectivity index (χ2v) is 10.5. The van der Waals surface area contributed by atoms with Crippen molar-refractivity contribution in [2.45, 2.75) is 37.6 Å². The molecule has 3 atom stereocenters. The summed E-state index contributed by atoms with van der Waals surface area (Å²) in [4.78, 5) is 25.2. The second-order valence-electron chi connectivity index (χ2n) is 8.53. The van der Waals surface area contributed by atoms with Crippen molar-refractivity contribution in [1.82, 2.24) is 9.62 Å². The normalized spacial score (nSPS) is 20.3. The van der Waals surface area contributed by atoms with E-state index in [4.69, 9.17) is 4.74 Å². The third-order valence-corrected chi connectivity index (χ3v) is 7.47. The lowest BCUT2D eigenvalue weighted by Gasteiger charge is -2.34. The molecule has 0 saturated carbocycles. The first-order chi connectivity index (χ1) is 15.2. The molecule has 1 amide bonds. The van der Waals surface area contributed by atoms with Gasteiger partial charge in [-0.3, -0.25) is 4.79 Å². The summed E-state index contributed by atoms with van der Waals surface area (Å²) in [7, 11) is -2.46. The molecule has 2 aromatic carbocycles. The second kappa shape index (κ2) is 10.3. The monoisotopic (exact) mass is 458 g/mol. The maximum absolute atomic E-state index is 13.2. The molecule has 3 rings (SSSR count). The minimum Gasteiger partial charge on any atom is -0.467 e. The van der Waals surface area contributed by atoms with Crippen molar-refractivity contribution in [2.75, 3.05) is 20.2 Å². The van der Waals surface area contributed by atoms with Crippen molar-refractivity contribution < 1.29 is 22.7 Å². The molecule has 1 heterocycles. The van der Waals surface area contributed by atoms with Crippen LogP contribution < -0.4 is 5.32 Å². The summed E-state index contributed by atoms with van der Waals surface area (Å²) in [6, 6.07) is 14.3. The van der Waals surface area contributed by atoms with Gasteiger partial charge in [0.2, 0.25) is 10.0 Å². The largest absolute Gasteiger partial charge is 0.467 e. The zero-order valence-electron chi connectivity index (χ0n) is 18.7. The summed E-state index contributed by atoms with van der Waals surface area (Å²) in [5, 5.41) is 2.68. The summed E-state index contributed by atoms with van der Waals surface area (Å²) in [6.45, 7) is 5.01. The van der Waals surface area contributed by atoms with Crippen LogP contribution >= 0.6 is 0 Å². The van der Waals surface area contributed by atoms with Crippen LogP contribution in [0.15, 0.2) is 59.5 Å². The van der Waals surface area contributed by atoms with Crippen LogP contribution in [0.5, 0.6) is 0 Å². The Bertz CT molecular complexity index is 1050. The van der Waals surface area contributed by atoms with Gasteiger partial charge < -0.3 is 10.1 Å². The van der Waals surface area contributed by atoms with E-state index in [1.807, 2.05) is 44.2 Å². The molecule has 2 aromatic rings. The van der Waals surface area contributed by atoms with E-state index in [2.05, 4.69) is 5.32 Å². The molecule has 1 fully saturated rings. The number of sulfonamides is 1. The van der Waals surface area contributed by atoms with Gasteiger partial charge in [-0.25, -0.2) is 13.2 Å². The third kappa shape index (κ3) is 5.75. The van der Waals surface area contributed by atoms with Gasteiger partial charge in [0.1, 0.15) is 6.04 Å². The number of rotatable bonds is 7. The Labute approximate surface area is 189 Å². The number of benzene rings is 2. The number of amides is 1. The fourth-order valence-corrected chi connectivity index (χ4v) is 5.90. The van der Waals surface area contributed by atoms with Gasteiger partial charge in [-0.2, -0.15) is 4.31 Å². The van der Waals surface area contributed by atoms with Crippen molar-refractivity contribution in [3.05, 3.63) is 65.7 Å². The van der Waals surface area contributed by atoms with E-state index in [0.29, 0.717) is 13.1 Å². The maximum atomic E-state index is 13.2. The standard InChI is InChI=1S/C24H30N2O5S/c1-17-12-18(2)16-26(15-17)32(29,30)21-11-7-10-20(14-21)23(27)25-22(24(28)31-3)13-19-8-5-4-6-9-19/h4-11,14,17-18,22H,12-13,15-16H2,1-3H3,(H,25,27)/t17-,18+,22-/m0/s1. The molecule has 8 heteroatoms. The van der Waals surface area contributed by atoms with Gasteiger partial charge in [0.25, 0.3) is 5.91 Å². The Balaban J connectivity index is 1.79. The van der Waals surface area contributed by atoms with E-state index in [1.54, 1.807) is 6.07 Å². The number of methoxy groups -OCH3 is 1. The third-order valence-electron chi connectivity index (χ3n) is 5.64. The molecule has 1 N–H and O–H groups in total. The highest BCUT2D eigenvalue weighted by molar-refractivity contribution is 7.89. The van der Waals surface area contributed by atoms with Crippen LogP contribution in [-0.4, -0.2) is 50.8 Å². The lowest BCUT2D eigenvalue weighted by molar-refractivity contribution is -0.142. The van der Waals surface area contributed by atoms with Crippen LogP contribution in [-0.2, 0) is 26.0 Å². The number of hydrogen-bond donors (Lipinski definition) is 1. The van der Waals surface area contributed by atoms with Crippen molar-refractivity contribution in [3.63, 3.8) is 0 Å². The van der Waals surface area contributed by atoms with E-state index >= 15 is 0 Å². The first kappa shape index (κ1) is 23.9. The fourth-order valence-electron chi connectivity index (χ4n) is 4.18. The molecule has 0 aliphatic carbocycles. The van der Waals surface area contributed by atoms with E-state index in [0.717, 1.165) is 12.0 Å². The lowest BCUT2D eigenvalue weighted by Crippen LogP contribution is -2.43. The molecular formula is C24H30N2O5S. The smallest absolute Gasteiger partial charge is 0.328 e. The zero-order valence-corrected chi connectivity index (χ0v) is 19.5. The molecule has 0 radical (unpaired) electrons. The lowest BCUT2D eigenvalue weighted by atomic mass is 9.94. The number of hydrogen-bond acceptors (Lipinski definition) is 5. The molecule has 0 unspecified atom stereocenters. The van der Waals surface area contributed by atoms with Crippen LogP contribution in [0.1, 0.15) is 36.2 Å². The summed E-state index contributed by atoms with van der Waals surface area (Å²) in [5.74, 6) is -0.548. The number of nitrogens with zero attached hydrogens (tertiary/aromatic N) is 1. The predicted octanol–water partition coefficient (Wildman–Crippen LogP) is 2.87. The van der Waals surface area contributed by atoms with E-state index in [1.165, 1.54) is 29.6 Å². The molecule has 7 nitrogen and oxygen atoms in total. The first-order valence-corrected chi connectivity index (χ1v) is 12.2. The van der Waals surface area contributed by atoms with Gasteiger partial charge in [0.05, 0.1) is 12.0 Å². The Morgan fingerprint density at radius 3 is 2.34 bits per heavy atom. The minimum atomic E-state index is -3.72. The number of piperidine rings is 1. The van der Waals surface area contributed by atoms with Gasteiger partial charge in [0.15, 0.2) is 0 Å². The molecule has 1 saturated heterocycles. The molecule has 1 aliphatic rings. The number of ether oxygens (including phenoxy) is 1. The molecule has 32 heavy (non-hydrogen) atoms. The van der Waals surface area contributed by atoms with E-state index in [-0.39, 0.29) is 28.7 Å². The SMILES string of the molecule is COC(=O)[C@H](Cc1ccccc1)NC(=O)c1cccc(S(=O)(=O)N2C[C@H](C)C[C@H](C)C2)c1. The van der Waals surface area contributed by atoms with Gasteiger partial charge in [-0.15, -0.1) is 0 Å². The number of nitrogens with one attached hydrogen (secondary N) is 1. The van der Waals surface area contributed by atoms with Crippen LogP contribution in [0.2, 0.25) is 0 Å². The summed E-state index contributed by atoms with van der Waals surface area (Å²) >= 11 is 0. The fraction of sp³-hybridized carbons (Fsp3) is 0.417. The number of carbonyl (C=O) groups excluding carboxylic acids is 2. The molecule has 0 bridgehead atoms. The van der Waals surface area contributed by atoms with Crippen molar-refractivity contribution >= 4 is 21.9 Å². The zero-order chi connectivity index (χ0) is 23.3. The average molecular weight is 459 g/mol. The average Bonchev–Trinajstić information content (AvgIpc) is 2.78. The first-order valence-electron chi connectivity index (χ1n) is 10.7. The molecule has 0 spiro atoms. The van der Waals surface area contributed by atoms with Gasteiger partial charge in [0, 0.05) is 25.1 Å². The molecular weight excluding hydrogens is 428 g/mol. The van der Waals surface area contributed by atoms with Gasteiger partial charge >= 0.3 is 5.97 Å². The summed E-state index contributed by atoms with van der Waals surface area (Å²) < 4.78 is 32.7. The molecule has 172 valence electrons. The Hall–Kier alpha value is -2.71. The van der Waals surface area contributed by atoms with Crippen molar-refractivity contribution in [1.29, 1.82) is 0 Å². The Morgan fingerprint density at radius 1 is 1.06 bits per heavy atom. The topological polar surface area (TPSA) is 92.8 Å². The van der Waals surface area contributed by atoms with Gasteiger partial charge in [-0.1, -0.05) is 50.2 Å². The highest BCUT2D eigenvalue weighted by Crippen LogP contribution is 2.27. The van der Waals surface area contributed by atoms with E-state index in [9.17, 15) is 18.0 Å². The Kier molecular flexibility index (Phi) is 7.69. The van der Waals surface area contributed by atoms with Crippen molar-refractivity contribution in [2.24, 2.45) is 11.8 Å². The minimum absolute atomic E-state index is 0.0733. The van der Waals surface area contributed by atoms with E-state index < -0.39 is 27.9 Å². The molecule has 0 aromatic heterocycles. The van der Waals surface area contributed by atoms with Crippen LogP contribution in [0.4, 0.5) is 0 Å². The summed E-state index contributed by atoms with van der Waals surface area (Å²) in [6.07, 6.45) is 1.26. The van der Waals surface area contributed by atoms with Crippen molar-refractivity contribution in [3.8, 4) is 0 Å². The number of carbonyl (C=O) groups is 2. The quantitative estimate of drug-likeness (QED) is 0.644. The summed E-state index contributed by atoms with van der Waals surface area (Å²) in [5.41, 5.74) is 1.04. The number of esters is 1. The Morgan fingerprint density at radius 2 is 1.72 bits per heavy atom. The predicted molar refractivity (Wildman–Crippen MR) is 122 cm³/mol. The highest BCUT2D eigenvalue weighted by Gasteiger charge is 2.32.